The Bertz CT molecular complexity index is 1070. The largest absolute Gasteiger partial charge is 0.507 e. The van der Waals surface area contributed by atoms with E-state index in [0.717, 1.165) is 11.4 Å². The number of carbonyl (C=O) groups excluding carboxylic acids is 2. The summed E-state index contributed by atoms with van der Waals surface area (Å²) in [4.78, 5) is 24.8. The maximum absolute atomic E-state index is 11.4. The highest BCUT2D eigenvalue weighted by Gasteiger charge is 2.16. The summed E-state index contributed by atoms with van der Waals surface area (Å²) in [6.07, 6.45) is 11.2. The molecule has 0 aliphatic heterocycles. The van der Waals surface area contributed by atoms with E-state index in [1.165, 1.54) is 14.2 Å². The van der Waals surface area contributed by atoms with Crippen LogP contribution in [0.3, 0.4) is 0 Å². The molecular weight excluding hydrogens is 448 g/mol. The maximum Gasteiger partial charge on any atom is 0.311 e. The fourth-order valence-corrected chi connectivity index (χ4v) is 3.59. The topological polar surface area (TPSA) is 99.3 Å². The minimum absolute atomic E-state index is 0.118. The number of anilines is 1. The standard InChI is InChI=1S/C27H34N2O6/c1-5-28(16-14-26(32)34-3)22-12-10-20(24(30)18-22)8-7-9-21-11-13-23(19-25(21)31)29(6-2)17-15-27(33)35-4/h7-13,18-19H,5-6,14-17H2,1-4H3,(H,30,31)/p+1. The van der Waals surface area contributed by atoms with Gasteiger partial charge in [0.05, 0.1) is 26.7 Å². The highest BCUT2D eigenvalue weighted by atomic mass is 16.5. The van der Waals surface area contributed by atoms with Crippen LogP contribution in [0.4, 0.5) is 5.69 Å². The molecule has 8 nitrogen and oxygen atoms in total. The number of phenols is 1. The van der Waals surface area contributed by atoms with Gasteiger partial charge in [0, 0.05) is 42.1 Å². The third kappa shape index (κ3) is 8.17. The van der Waals surface area contributed by atoms with E-state index in [1.54, 1.807) is 42.5 Å². The molecule has 0 heterocycles. The molecule has 35 heavy (non-hydrogen) atoms. The van der Waals surface area contributed by atoms with E-state index in [0.29, 0.717) is 37.3 Å². The van der Waals surface area contributed by atoms with Crippen molar-refractivity contribution in [3.8, 4) is 5.75 Å². The third-order valence-corrected chi connectivity index (χ3v) is 5.70. The number of benzene rings is 1. The molecule has 2 N–H and O–H groups in total. The van der Waals surface area contributed by atoms with E-state index in [4.69, 9.17) is 9.47 Å². The molecule has 188 valence electrons. The Kier molecular flexibility index (Phi) is 10.8. The van der Waals surface area contributed by atoms with Gasteiger partial charge >= 0.3 is 11.9 Å². The number of aromatic hydroxyl groups is 1. The Morgan fingerprint density at radius 3 is 2.37 bits per heavy atom. The average molecular weight is 484 g/mol. The molecule has 0 bridgehead atoms. The number of aliphatic hydroxyl groups excluding tert-OH is 1. The van der Waals surface area contributed by atoms with Crippen molar-refractivity contribution in [3.63, 3.8) is 0 Å². The SMILES string of the molecule is CCN(CCC(=O)OC)c1ccc(C=CC=C2C=CC(=[N+](CC)CCC(=O)OC)C=C2O)c(O)c1. The van der Waals surface area contributed by atoms with Gasteiger partial charge in [-0.25, -0.2) is 4.58 Å². The lowest BCUT2D eigenvalue weighted by Gasteiger charge is -2.23. The third-order valence-electron chi connectivity index (χ3n) is 5.70. The van der Waals surface area contributed by atoms with Crippen LogP contribution in [0.15, 0.2) is 59.9 Å². The summed E-state index contributed by atoms with van der Waals surface area (Å²) in [5.41, 5.74) is 2.89. The maximum atomic E-state index is 11.4. The summed E-state index contributed by atoms with van der Waals surface area (Å²) in [5, 5.41) is 20.9. The van der Waals surface area contributed by atoms with Crippen LogP contribution in [0.25, 0.3) is 6.08 Å². The van der Waals surface area contributed by atoms with Crippen LogP contribution in [0.5, 0.6) is 5.75 Å². The molecule has 0 aromatic heterocycles. The van der Waals surface area contributed by atoms with Crippen LogP contribution in [0.2, 0.25) is 0 Å². The molecule has 2 rings (SSSR count). The molecule has 8 heteroatoms. The highest BCUT2D eigenvalue weighted by molar-refractivity contribution is 6.03. The van der Waals surface area contributed by atoms with Crippen molar-refractivity contribution in [2.24, 2.45) is 0 Å². The fraction of sp³-hybridized carbons (Fsp3) is 0.370. The molecule has 1 aromatic carbocycles. The van der Waals surface area contributed by atoms with Crippen LogP contribution < -0.4 is 4.90 Å². The van der Waals surface area contributed by atoms with Gasteiger partial charge in [0.2, 0.25) is 5.71 Å². The van der Waals surface area contributed by atoms with E-state index >= 15 is 0 Å². The van der Waals surface area contributed by atoms with Crippen LogP contribution >= 0.6 is 0 Å². The van der Waals surface area contributed by atoms with Crippen molar-refractivity contribution >= 4 is 29.4 Å². The molecule has 0 unspecified atom stereocenters. The lowest BCUT2D eigenvalue weighted by molar-refractivity contribution is -0.522. The summed E-state index contributed by atoms with van der Waals surface area (Å²) < 4.78 is 11.4. The van der Waals surface area contributed by atoms with Gasteiger partial charge in [-0.1, -0.05) is 18.2 Å². The van der Waals surface area contributed by atoms with Crippen molar-refractivity contribution in [3.05, 3.63) is 65.5 Å². The molecule has 0 saturated heterocycles. The molecular formula is C27H35N2O6+. The van der Waals surface area contributed by atoms with Crippen molar-refractivity contribution in [2.75, 3.05) is 45.3 Å². The van der Waals surface area contributed by atoms with Crippen LogP contribution in [0.1, 0.15) is 32.3 Å². The Labute approximate surface area is 206 Å². The van der Waals surface area contributed by atoms with Gasteiger partial charge in [-0.05, 0) is 32.1 Å². The fourth-order valence-electron chi connectivity index (χ4n) is 3.59. The first kappa shape index (κ1) is 27.4. The molecule has 0 amide bonds. The highest BCUT2D eigenvalue weighted by Crippen LogP contribution is 2.26. The lowest BCUT2D eigenvalue weighted by Crippen LogP contribution is -2.26. The Morgan fingerprint density at radius 2 is 1.77 bits per heavy atom. The predicted octanol–water partition coefficient (Wildman–Crippen LogP) is 3.77. The zero-order valence-electron chi connectivity index (χ0n) is 20.9. The van der Waals surface area contributed by atoms with E-state index in [-0.39, 0.29) is 36.3 Å². The number of allylic oxidation sites excluding steroid dienone is 5. The smallest absolute Gasteiger partial charge is 0.311 e. The van der Waals surface area contributed by atoms with Crippen LogP contribution in [0, 0.1) is 0 Å². The summed E-state index contributed by atoms with van der Waals surface area (Å²) in [6.45, 7) is 6.33. The number of hydrogen-bond acceptors (Lipinski definition) is 7. The zero-order valence-corrected chi connectivity index (χ0v) is 20.9. The van der Waals surface area contributed by atoms with Crippen LogP contribution in [-0.4, -0.2) is 72.8 Å². The number of phenolic OH excluding ortho intramolecular Hbond substituents is 1. The number of rotatable bonds is 11. The Morgan fingerprint density at radius 1 is 1.06 bits per heavy atom. The second-order valence-electron chi connectivity index (χ2n) is 7.82. The van der Waals surface area contributed by atoms with Gasteiger partial charge in [0.1, 0.15) is 24.5 Å². The first-order valence-corrected chi connectivity index (χ1v) is 11.6. The summed E-state index contributed by atoms with van der Waals surface area (Å²) in [5.74, 6) is -0.315. The van der Waals surface area contributed by atoms with Gasteiger partial charge in [-0.3, -0.25) is 9.59 Å². The molecule has 0 fully saturated rings. The lowest BCUT2D eigenvalue weighted by atomic mass is 10.0. The monoisotopic (exact) mass is 483 g/mol. The predicted molar refractivity (Wildman–Crippen MR) is 137 cm³/mol. The molecule has 1 aliphatic rings. The second kappa shape index (κ2) is 13.8. The van der Waals surface area contributed by atoms with E-state index in [1.807, 2.05) is 35.5 Å². The number of aliphatic hydroxyl groups is 1. The van der Waals surface area contributed by atoms with Crippen molar-refractivity contribution in [1.82, 2.24) is 0 Å². The Balaban J connectivity index is 2.10. The van der Waals surface area contributed by atoms with Gasteiger partial charge in [-0.2, -0.15) is 0 Å². The Hall–Kier alpha value is -3.81. The number of hydrogen-bond donors (Lipinski definition) is 2. The normalized spacial score (nSPS) is 15.8. The van der Waals surface area contributed by atoms with Gasteiger partial charge in [0.25, 0.3) is 0 Å². The van der Waals surface area contributed by atoms with Crippen molar-refractivity contribution in [1.29, 1.82) is 0 Å². The molecule has 1 aromatic rings. The molecule has 0 atom stereocenters. The van der Waals surface area contributed by atoms with E-state index < -0.39 is 0 Å². The number of nitrogens with zero attached hydrogens (tertiary/aromatic N) is 2. The second-order valence-corrected chi connectivity index (χ2v) is 7.82. The van der Waals surface area contributed by atoms with Gasteiger partial charge < -0.3 is 24.6 Å². The first-order valence-electron chi connectivity index (χ1n) is 11.6. The first-order chi connectivity index (χ1) is 16.8. The number of esters is 2. The summed E-state index contributed by atoms with van der Waals surface area (Å²) >= 11 is 0. The number of carbonyl (C=O) groups is 2. The van der Waals surface area contributed by atoms with Crippen molar-refractivity contribution < 1.29 is 33.9 Å². The van der Waals surface area contributed by atoms with Crippen molar-refractivity contribution in [2.45, 2.75) is 26.7 Å². The summed E-state index contributed by atoms with van der Waals surface area (Å²) in [6, 6.07) is 5.36. The van der Waals surface area contributed by atoms with Crippen LogP contribution in [-0.2, 0) is 19.1 Å². The molecule has 0 radical (unpaired) electrons. The minimum atomic E-state index is -0.275. The van der Waals surface area contributed by atoms with E-state index in [2.05, 4.69) is 0 Å². The zero-order chi connectivity index (χ0) is 25.8. The molecule has 1 aliphatic carbocycles. The molecule has 0 spiro atoms. The van der Waals surface area contributed by atoms with Gasteiger partial charge in [0.15, 0.2) is 6.54 Å². The number of methoxy groups -OCH3 is 2. The number of ether oxygens (including phenoxy) is 2. The van der Waals surface area contributed by atoms with Gasteiger partial charge in [-0.15, -0.1) is 0 Å². The average Bonchev–Trinajstić information content (AvgIpc) is 2.86. The minimum Gasteiger partial charge on any atom is -0.507 e. The summed E-state index contributed by atoms with van der Waals surface area (Å²) in [7, 11) is 2.73. The quantitative estimate of drug-likeness (QED) is 0.365. The molecule has 0 saturated carbocycles. The van der Waals surface area contributed by atoms with E-state index in [9.17, 15) is 19.8 Å².